The van der Waals surface area contributed by atoms with Crippen LogP contribution in [0.1, 0.15) is 98.3 Å². The number of amides is 1. The molecule has 0 fully saturated rings. The summed E-state index contributed by atoms with van der Waals surface area (Å²) in [4.78, 5) is 32.0. The monoisotopic (exact) mass is 512 g/mol. The quantitative estimate of drug-likeness (QED) is 0.114. The third-order valence-electron chi connectivity index (χ3n) is 5.03. The molecule has 0 aliphatic rings. The molecule has 8 heteroatoms. The van der Waals surface area contributed by atoms with E-state index in [4.69, 9.17) is 15.9 Å². The lowest BCUT2D eigenvalue weighted by Crippen LogP contribution is -2.21. The van der Waals surface area contributed by atoms with Crippen LogP contribution < -0.4 is 11.1 Å². The molecule has 0 atom stereocenters. The zero-order valence-corrected chi connectivity index (χ0v) is 23.2. The molecule has 0 radical (unpaired) electrons. The van der Waals surface area contributed by atoms with Gasteiger partial charge in [0.25, 0.3) is 0 Å². The lowest BCUT2D eigenvalue weighted by atomic mass is 10.0. The molecule has 0 aliphatic heterocycles. The van der Waals surface area contributed by atoms with Gasteiger partial charge in [0.2, 0.25) is 5.91 Å². The van der Waals surface area contributed by atoms with E-state index in [1.54, 1.807) is 13.8 Å². The molecule has 0 unspecified atom stereocenters. The second-order valence-corrected chi connectivity index (χ2v) is 8.43. The van der Waals surface area contributed by atoms with Crippen LogP contribution >= 0.6 is 0 Å². The highest BCUT2D eigenvalue weighted by atomic mass is 16.5. The minimum Gasteiger partial charge on any atom is -0.478 e. The normalized spacial score (nSPS) is 10.5. The number of carboxylic acid groups (broad SMARTS) is 1. The Morgan fingerprint density at radius 3 is 2.00 bits per heavy atom. The molecular formula is C28H52N2O6. The Hall–Kier alpha value is -2.45. The molecule has 0 aromatic heterocycles. The van der Waals surface area contributed by atoms with Gasteiger partial charge in [-0.3, -0.25) is 4.79 Å². The molecule has 0 aromatic rings. The highest BCUT2D eigenvalue weighted by Crippen LogP contribution is 2.15. The number of rotatable bonds is 18. The predicted molar refractivity (Wildman–Crippen MR) is 148 cm³/mol. The molecule has 0 saturated heterocycles. The number of unbranched alkanes of at least 4 members (excludes halogenated alkanes) is 6. The average Bonchev–Trinajstić information content (AvgIpc) is 2.86. The van der Waals surface area contributed by atoms with Crippen molar-refractivity contribution in [1.29, 1.82) is 0 Å². The number of ether oxygens (including phenoxy) is 1. The summed E-state index contributed by atoms with van der Waals surface area (Å²) in [6.07, 6.45) is 13.0. The molecule has 5 N–H and O–H groups in total. The van der Waals surface area contributed by atoms with Gasteiger partial charge in [-0.25, -0.2) is 9.59 Å². The second-order valence-electron chi connectivity index (χ2n) is 8.43. The number of aliphatic carboxylic acids is 1. The SMILES string of the molecule is C=C(C)C(=O)OCCCO.C=CC(=O)NCCCCCCCC.CCCCC(CCN)=C(C)C(=O)O. The van der Waals surface area contributed by atoms with E-state index in [0.717, 1.165) is 37.8 Å². The summed E-state index contributed by atoms with van der Waals surface area (Å²) in [7, 11) is 0. The number of hydrogen-bond donors (Lipinski definition) is 4. The third-order valence-corrected chi connectivity index (χ3v) is 5.03. The van der Waals surface area contributed by atoms with Gasteiger partial charge >= 0.3 is 11.9 Å². The Kier molecular flexibility index (Phi) is 30.5. The van der Waals surface area contributed by atoms with Crippen molar-refractivity contribution >= 4 is 17.8 Å². The van der Waals surface area contributed by atoms with E-state index in [1.807, 2.05) is 0 Å². The van der Waals surface area contributed by atoms with Crippen LogP contribution in [-0.2, 0) is 19.1 Å². The van der Waals surface area contributed by atoms with Crippen LogP contribution in [0.5, 0.6) is 0 Å². The molecule has 0 aliphatic carbocycles. The fourth-order valence-electron chi connectivity index (χ4n) is 2.76. The van der Waals surface area contributed by atoms with Crippen molar-refractivity contribution in [2.75, 3.05) is 26.3 Å². The highest BCUT2D eigenvalue weighted by Gasteiger charge is 2.07. The van der Waals surface area contributed by atoms with Gasteiger partial charge in [0, 0.05) is 30.7 Å². The Bertz CT molecular complexity index is 644. The molecule has 0 heterocycles. The van der Waals surface area contributed by atoms with Crippen LogP contribution in [0, 0.1) is 0 Å². The Morgan fingerprint density at radius 1 is 0.944 bits per heavy atom. The number of carboxylic acids is 1. The first kappa shape index (κ1) is 38.1. The van der Waals surface area contributed by atoms with Crippen molar-refractivity contribution in [3.05, 3.63) is 36.0 Å². The van der Waals surface area contributed by atoms with Gasteiger partial charge < -0.3 is 26.0 Å². The summed E-state index contributed by atoms with van der Waals surface area (Å²) in [5.41, 5.74) is 7.27. The smallest absolute Gasteiger partial charge is 0.333 e. The van der Waals surface area contributed by atoms with Crippen molar-refractivity contribution in [2.24, 2.45) is 5.73 Å². The number of carbonyl (C=O) groups is 3. The summed E-state index contributed by atoms with van der Waals surface area (Å²) in [5.74, 6) is -1.28. The number of nitrogens with one attached hydrogen (secondary N) is 1. The Labute approximate surface area is 219 Å². The van der Waals surface area contributed by atoms with Gasteiger partial charge in [-0.15, -0.1) is 0 Å². The van der Waals surface area contributed by atoms with Gasteiger partial charge in [-0.1, -0.05) is 71.1 Å². The number of nitrogens with two attached hydrogens (primary N) is 1. The maximum Gasteiger partial charge on any atom is 0.333 e. The van der Waals surface area contributed by atoms with Crippen molar-refractivity contribution < 1.29 is 29.3 Å². The fourth-order valence-corrected chi connectivity index (χ4v) is 2.76. The average molecular weight is 513 g/mol. The number of hydrogen-bond acceptors (Lipinski definition) is 6. The highest BCUT2D eigenvalue weighted by molar-refractivity contribution is 5.87. The topological polar surface area (TPSA) is 139 Å². The van der Waals surface area contributed by atoms with Crippen LogP contribution in [0.15, 0.2) is 36.0 Å². The molecule has 0 bridgehead atoms. The van der Waals surface area contributed by atoms with Gasteiger partial charge in [-0.2, -0.15) is 0 Å². The van der Waals surface area contributed by atoms with E-state index in [9.17, 15) is 14.4 Å². The van der Waals surface area contributed by atoms with E-state index < -0.39 is 11.9 Å². The maximum absolute atomic E-state index is 10.7. The van der Waals surface area contributed by atoms with Crippen LogP contribution in [0.25, 0.3) is 0 Å². The standard InChI is InChI=1S/C11H21NO.C10H19NO2.C7H12O3/c1-3-5-6-7-8-9-10-12-11(13)4-2;1-3-4-5-9(6-7-11)8(2)10(12)13;1-6(2)7(9)10-5-3-4-8/h4H,2-3,5-10H2,1H3,(H,12,13);3-7,11H2,1-2H3,(H,12,13);8H,1,3-5H2,2H3. The maximum atomic E-state index is 10.7. The summed E-state index contributed by atoms with van der Waals surface area (Å²) >= 11 is 0. The molecule has 210 valence electrons. The molecule has 0 spiro atoms. The molecule has 8 nitrogen and oxygen atoms in total. The van der Waals surface area contributed by atoms with E-state index in [-0.39, 0.29) is 19.1 Å². The first-order valence-electron chi connectivity index (χ1n) is 13.1. The Morgan fingerprint density at radius 2 is 1.53 bits per heavy atom. The lowest BCUT2D eigenvalue weighted by molar-refractivity contribution is -0.139. The molecule has 0 saturated carbocycles. The van der Waals surface area contributed by atoms with Crippen molar-refractivity contribution in [3.63, 3.8) is 0 Å². The Balaban J connectivity index is -0.000000459. The largest absolute Gasteiger partial charge is 0.478 e. The van der Waals surface area contributed by atoms with E-state index in [1.165, 1.54) is 38.2 Å². The molecule has 0 rings (SSSR count). The molecule has 36 heavy (non-hydrogen) atoms. The van der Waals surface area contributed by atoms with E-state index >= 15 is 0 Å². The first-order chi connectivity index (χ1) is 17.1. The minimum atomic E-state index is -0.820. The van der Waals surface area contributed by atoms with Gasteiger partial charge in [0.15, 0.2) is 0 Å². The third kappa shape index (κ3) is 27.8. The number of aliphatic hydroxyl groups is 1. The summed E-state index contributed by atoms with van der Waals surface area (Å²) in [6, 6.07) is 0. The summed E-state index contributed by atoms with van der Waals surface area (Å²) in [6.45, 7) is 16.0. The molecular weight excluding hydrogens is 460 g/mol. The van der Waals surface area contributed by atoms with Crippen LogP contribution in [0.3, 0.4) is 0 Å². The predicted octanol–water partition coefficient (Wildman–Crippen LogP) is 5.06. The van der Waals surface area contributed by atoms with Gasteiger partial charge in [0.05, 0.1) is 6.61 Å². The van der Waals surface area contributed by atoms with Crippen molar-refractivity contribution in [1.82, 2.24) is 5.32 Å². The summed E-state index contributed by atoms with van der Waals surface area (Å²) < 4.78 is 4.65. The number of esters is 1. The summed E-state index contributed by atoms with van der Waals surface area (Å²) in [5, 5.41) is 19.8. The van der Waals surface area contributed by atoms with Crippen molar-refractivity contribution in [2.45, 2.75) is 98.3 Å². The van der Waals surface area contributed by atoms with Gasteiger partial charge in [0.1, 0.15) is 0 Å². The number of aliphatic hydroxyl groups excluding tert-OH is 1. The van der Waals surface area contributed by atoms with Crippen molar-refractivity contribution in [3.8, 4) is 0 Å². The zero-order chi connectivity index (χ0) is 28.2. The fraction of sp³-hybridized carbons (Fsp3) is 0.679. The molecule has 0 aromatic carbocycles. The molecule has 1 amide bonds. The zero-order valence-electron chi connectivity index (χ0n) is 23.2. The van der Waals surface area contributed by atoms with Crippen LogP contribution in [0.4, 0.5) is 0 Å². The van der Waals surface area contributed by atoms with E-state index in [0.29, 0.717) is 30.5 Å². The van der Waals surface area contributed by atoms with Crippen LogP contribution in [0.2, 0.25) is 0 Å². The van der Waals surface area contributed by atoms with Crippen LogP contribution in [-0.4, -0.2) is 54.4 Å². The van der Waals surface area contributed by atoms with Gasteiger partial charge in [-0.05, 0) is 52.2 Å². The minimum absolute atomic E-state index is 0.0451. The van der Waals surface area contributed by atoms with E-state index in [2.05, 4.69) is 37.1 Å². The second kappa shape index (κ2) is 28.8. The first-order valence-corrected chi connectivity index (χ1v) is 13.1. The number of carbonyl (C=O) groups excluding carboxylic acids is 2. The lowest BCUT2D eigenvalue weighted by Gasteiger charge is -2.07.